The maximum Gasteiger partial charge on any atom is 0.407 e. The molecule has 1 saturated heterocycles. The minimum Gasteiger partial charge on any atom is -0.465 e. The fraction of sp³-hybridized carbons (Fsp3) is 0.917. The quantitative estimate of drug-likeness (QED) is 0.761. The summed E-state index contributed by atoms with van der Waals surface area (Å²) in [6.07, 6.45) is 5.74. The zero-order valence-electron chi connectivity index (χ0n) is 9.56. The number of rotatable bonds is 4. The van der Waals surface area contributed by atoms with Crippen molar-refractivity contribution in [2.24, 2.45) is 11.8 Å². The fourth-order valence-electron chi connectivity index (χ4n) is 2.91. The van der Waals surface area contributed by atoms with E-state index in [0.717, 1.165) is 18.3 Å². The summed E-state index contributed by atoms with van der Waals surface area (Å²) in [7, 11) is 0. The molecule has 0 radical (unpaired) electrons. The Morgan fingerprint density at radius 1 is 1.19 bits per heavy atom. The number of carboxylic acid groups (broad SMARTS) is 1. The Hall–Kier alpha value is -0.770. The first-order valence-electron chi connectivity index (χ1n) is 6.48. The Morgan fingerprint density at radius 3 is 2.25 bits per heavy atom. The van der Waals surface area contributed by atoms with Crippen molar-refractivity contribution in [2.45, 2.75) is 44.2 Å². The maximum atomic E-state index is 10.8. The molecule has 2 N–H and O–H groups in total. The van der Waals surface area contributed by atoms with E-state index >= 15 is 0 Å². The molecule has 16 heavy (non-hydrogen) atoms. The molecule has 3 aliphatic rings. The molecule has 1 atom stereocenters. The van der Waals surface area contributed by atoms with Crippen molar-refractivity contribution in [3.05, 3.63) is 0 Å². The smallest absolute Gasteiger partial charge is 0.407 e. The summed E-state index contributed by atoms with van der Waals surface area (Å²) in [4.78, 5) is 12.4. The lowest BCUT2D eigenvalue weighted by molar-refractivity contribution is 0.154. The zero-order valence-corrected chi connectivity index (χ0v) is 9.56. The number of hydrogen-bond acceptors (Lipinski definition) is 2. The van der Waals surface area contributed by atoms with Crippen LogP contribution in [0.2, 0.25) is 0 Å². The summed E-state index contributed by atoms with van der Waals surface area (Å²) in [5.41, 5.74) is 0. The summed E-state index contributed by atoms with van der Waals surface area (Å²) >= 11 is 0. The van der Waals surface area contributed by atoms with Gasteiger partial charge in [0.15, 0.2) is 0 Å². The van der Waals surface area contributed by atoms with Crippen molar-refractivity contribution >= 4 is 6.09 Å². The predicted molar refractivity (Wildman–Crippen MR) is 60.4 cm³/mol. The Kier molecular flexibility index (Phi) is 2.54. The molecule has 1 amide bonds. The van der Waals surface area contributed by atoms with E-state index in [1.807, 2.05) is 0 Å². The van der Waals surface area contributed by atoms with Gasteiger partial charge >= 0.3 is 6.09 Å². The lowest BCUT2D eigenvalue weighted by Gasteiger charge is -2.22. The molecular weight excluding hydrogens is 204 g/mol. The van der Waals surface area contributed by atoms with Crippen LogP contribution in [-0.2, 0) is 0 Å². The van der Waals surface area contributed by atoms with Crippen LogP contribution in [-0.4, -0.2) is 41.3 Å². The normalized spacial score (nSPS) is 30.1. The topological polar surface area (TPSA) is 52.6 Å². The highest BCUT2D eigenvalue weighted by Gasteiger charge is 2.42. The van der Waals surface area contributed by atoms with Gasteiger partial charge in [-0.3, -0.25) is 0 Å². The Balaban J connectivity index is 1.52. The van der Waals surface area contributed by atoms with Crippen molar-refractivity contribution in [1.29, 1.82) is 0 Å². The van der Waals surface area contributed by atoms with E-state index in [0.29, 0.717) is 25.2 Å². The van der Waals surface area contributed by atoms with Gasteiger partial charge in [-0.1, -0.05) is 0 Å². The van der Waals surface area contributed by atoms with Gasteiger partial charge in [-0.15, -0.1) is 0 Å². The number of nitrogens with one attached hydrogen (secondary N) is 1. The first kappa shape index (κ1) is 10.4. The van der Waals surface area contributed by atoms with E-state index < -0.39 is 6.09 Å². The largest absolute Gasteiger partial charge is 0.465 e. The maximum absolute atomic E-state index is 10.8. The monoisotopic (exact) mass is 224 g/mol. The highest BCUT2D eigenvalue weighted by Crippen LogP contribution is 2.44. The van der Waals surface area contributed by atoms with E-state index in [1.54, 1.807) is 0 Å². The minimum atomic E-state index is -0.765. The molecule has 0 aromatic carbocycles. The van der Waals surface area contributed by atoms with E-state index in [4.69, 9.17) is 5.11 Å². The second-order valence-electron chi connectivity index (χ2n) is 5.58. The van der Waals surface area contributed by atoms with Crippen molar-refractivity contribution in [3.8, 4) is 0 Å². The molecule has 1 heterocycles. The number of hydrogen-bond donors (Lipinski definition) is 2. The molecule has 0 bridgehead atoms. The molecule has 2 saturated carbocycles. The molecule has 90 valence electrons. The third-order valence-corrected chi connectivity index (χ3v) is 4.15. The summed E-state index contributed by atoms with van der Waals surface area (Å²) < 4.78 is 0. The fourth-order valence-corrected chi connectivity index (χ4v) is 2.91. The van der Waals surface area contributed by atoms with Crippen LogP contribution in [0.4, 0.5) is 4.79 Å². The third-order valence-electron chi connectivity index (χ3n) is 4.15. The Bertz CT molecular complexity index is 275. The lowest BCUT2D eigenvalue weighted by atomic mass is 10.1. The molecular formula is C12H20N2O2. The van der Waals surface area contributed by atoms with E-state index in [9.17, 15) is 4.79 Å². The van der Waals surface area contributed by atoms with Gasteiger partial charge < -0.3 is 15.3 Å². The molecule has 4 nitrogen and oxygen atoms in total. The molecule has 3 fully saturated rings. The van der Waals surface area contributed by atoms with Crippen molar-refractivity contribution in [1.82, 2.24) is 10.2 Å². The summed E-state index contributed by atoms with van der Waals surface area (Å²) in [6, 6.07) is 1.10. The van der Waals surface area contributed by atoms with Gasteiger partial charge in [0.05, 0.1) is 0 Å². The summed E-state index contributed by atoms with van der Waals surface area (Å²) in [5, 5.41) is 12.6. The standard InChI is InChI=1S/C12H20N2O2/c15-12(16)14-6-5-10(7-14)13-11(8-1-2-8)9-3-4-9/h8-11,13H,1-7H2,(H,15,16)/t10-/m0/s1. The average Bonchev–Trinajstić information content (AvgIpc) is 3.15. The molecule has 0 aromatic heterocycles. The number of nitrogens with zero attached hydrogens (tertiary/aromatic N) is 1. The zero-order chi connectivity index (χ0) is 11.1. The third kappa shape index (κ3) is 2.17. The summed E-state index contributed by atoms with van der Waals surface area (Å²) in [6.45, 7) is 1.39. The van der Waals surface area contributed by atoms with E-state index in [2.05, 4.69) is 5.32 Å². The van der Waals surface area contributed by atoms with Crippen LogP contribution in [0.3, 0.4) is 0 Å². The Morgan fingerprint density at radius 2 is 1.81 bits per heavy atom. The van der Waals surface area contributed by atoms with Crippen LogP contribution in [0.1, 0.15) is 32.1 Å². The van der Waals surface area contributed by atoms with Gasteiger partial charge in [0.25, 0.3) is 0 Å². The predicted octanol–water partition coefficient (Wildman–Crippen LogP) is 1.52. The van der Waals surface area contributed by atoms with Gasteiger partial charge in [-0.05, 0) is 43.9 Å². The molecule has 0 aromatic rings. The van der Waals surface area contributed by atoms with E-state index in [-0.39, 0.29) is 0 Å². The second-order valence-corrected chi connectivity index (χ2v) is 5.58. The minimum absolute atomic E-state index is 0.405. The number of amides is 1. The highest BCUT2D eigenvalue weighted by molar-refractivity contribution is 5.65. The molecule has 3 rings (SSSR count). The number of carbonyl (C=O) groups is 1. The van der Waals surface area contributed by atoms with Gasteiger partial charge in [0, 0.05) is 25.2 Å². The lowest BCUT2D eigenvalue weighted by Crippen LogP contribution is -2.43. The first-order chi connectivity index (χ1) is 7.74. The van der Waals surface area contributed by atoms with Crippen LogP contribution in [0, 0.1) is 11.8 Å². The van der Waals surface area contributed by atoms with Gasteiger partial charge in [0.1, 0.15) is 0 Å². The van der Waals surface area contributed by atoms with Crippen molar-refractivity contribution in [2.75, 3.05) is 13.1 Å². The average molecular weight is 224 g/mol. The number of likely N-dealkylation sites (tertiary alicyclic amines) is 1. The van der Waals surface area contributed by atoms with Crippen LogP contribution < -0.4 is 5.32 Å². The molecule has 0 spiro atoms. The molecule has 0 unspecified atom stereocenters. The highest BCUT2D eigenvalue weighted by atomic mass is 16.4. The van der Waals surface area contributed by atoms with Crippen LogP contribution in [0.15, 0.2) is 0 Å². The van der Waals surface area contributed by atoms with Gasteiger partial charge in [-0.25, -0.2) is 4.79 Å². The molecule has 4 heteroatoms. The summed E-state index contributed by atoms with van der Waals surface area (Å²) in [5.74, 6) is 1.79. The van der Waals surface area contributed by atoms with E-state index in [1.165, 1.54) is 30.6 Å². The second kappa shape index (κ2) is 3.91. The van der Waals surface area contributed by atoms with Gasteiger partial charge in [0.2, 0.25) is 0 Å². The van der Waals surface area contributed by atoms with Crippen molar-refractivity contribution in [3.63, 3.8) is 0 Å². The van der Waals surface area contributed by atoms with Crippen LogP contribution in [0.5, 0.6) is 0 Å². The first-order valence-corrected chi connectivity index (χ1v) is 6.48. The molecule has 1 aliphatic heterocycles. The Labute approximate surface area is 96.0 Å². The van der Waals surface area contributed by atoms with Crippen LogP contribution >= 0.6 is 0 Å². The van der Waals surface area contributed by atoms with Crippen molar-refractivity contribution < 1.29 is 9.90 Å². The van der Waals surface area contributed by atoms with Crippen LogP contribution in [0.25, 0.3) is 0 Å². The van der Waals surface area contributed by atoms with Gasteiger partial charge in [-0.2, -0.15) is 0 Å². The SMILES string of the molecule is O=C(O)N1CC[C@H](NC(C2CC2)C2CC2)C1. The molecule has 2 aliphatic carbocycles.